The third-order valence-electron chi connectivity index (χ3n) is 4.85. The maximum absolute atomic E-state index is 12.7. The van der Waals surface area contributed by atoms with E-state index in [1.54, 1.807) is 12.3 Å². The standard InChI is InChI=1S/C19H18N2O5.C5H10O2/c1-24-19(23)12-9-13(15-3-2-4-20-15)18-14(10-12)16(22)11-17(26-18)21-5-7-25-8-6-21;1-5(2,3)7-4-6/h2-4,9-11,20H,5-8H2,1H3;4H,1-3H3. The van der Waals surface area contributed by atoms with Crippen LogP contribution in [0.4, 0.5) is 5.88 Å². The number of rotatable bonds is 4. The Hall–Kier alpha value is -3.59. The molecule has 1 fully saturated rings. The molecule has 0 amide bonds. The zero-order valence-electron chi connectivity index (χ0n) is 19.2. The summed E-state index contributed by atoms with van der Waals surface area (Å²) in [4.78, 5) is 39.4. The molecule has 0 unspecified atom stereocenters. The smallest absolute Gasteiger partial charge is 0.337 e. The minimum Gasteiger partial charge on any atom is -0.465 e. The van der Waals surface area contributed by atoms with Crippen molar-refractivity contribution in [3.05, 3.63) is 52.3 Å². The molecule has 0 atom stereocenters. The molecule has 2 aromatic heterocycles. The fraction of sp³-hybridized carbons (Fsp3) is 0.375. The fourth-order valence-electron chi connectivity index (χ4n) is 3.26. The van der Waals surface area contributed by atoms with E-state index < -0.39 is 5.97 Å². The van der Waals surface area contributed by atoms with Gasteiger partial charge in [0, 0.05) is 36.6 Å². The first-order valence-electron chi connectivity index (χ1n) is 10.5. The third-order valence-corrected chi connectivity index (χ3v) is 4.85. The summed E-state index contributed by atoms with van der Waals surface area (Å²) in [5.41, 5.74) is 1.61. The van der Waals surface area contributed by atoms with Crippen LogP contribution in [0.15, 0.2) is 45.7 Å². The van der Waals surface area contributed by atoms with Crippen LogP contribution in [0.5, 0.6) is 0 Å². The minimum atomic E-state index is -0.503. The Balaban J connectivity index is 0.000000383. The van der Waals surface area contributed by atoms with E-state index in [2.05, 4.69) is 9.72 Å². The van der Waals surface area contributed by atoms with Crippen LogP contribution in [0.25, 0.3) is 22.2 Å². The van der Waals surface area contributed by atoms with Gasteiger partial charge in [-0.15, -0.1) is 0 Å². The molecule has 0 aliphatic carbocycles. The van der Waals surface area contributed by atoms with Gasteiger partial charge >= 0.3 is 5.97 Å². The molecule has 1 aliphatic rings. The van der Waals surface area contributed by atoms with Crippen LogP contribution in [0.3, 0.4) is 0 Å². The maximum atomic E-state index is 12.7. The van der Waals surface area contributed by atoms with E-state index in [-0.39, 0.29) is 11.0 Å². The first-order valence-corrected chi connectivity index (χ1v) is 10.5. The summed E-state index contributed by atoms with van der Waals surface area (Å²) in [6.45, 7) is 8.42. The highest BCUT2D eigenvalue weighted by atomic mass is 16.5. The average Bonchev–Trinajstić information content (AvgIpc) is 3.33. The lowest BCUT2D eigenvalue weighted by molar-refractivity contribution is -0.138. The zero-order valence-corrected chi connectivity index (χ0v) is 19.2. The van der Waals surface area contributed by atoms with E-state index in [0.29, 0.717) is 60.8 Å². The van der Waals surface area contributed by atoms with Crippen LogP contribution in [0, 0.1) is 0 Å². The number of nitrogens with zero attached hydrogens (tertiary/aromatic N) is 1. The number of aromatic nitrogens is 1. The number of esters is 1. The van der Waals surface area contributed by atoms with Gasteiger partial charge in [0.2, 0.25) is 0 Å². The molecule has 0 spiro atoms. The highest BCUT2D eigenvalue weighted by Crippen LogP contribution is 2.31. The second-order valence-electron chi connectivity index (χ2n) is 8.35. The summed E-state index contributed by atoms with van der Waals surface area (Å²) in [5, 5.41) is 0.342. The fourth-order valence-corrected chi connectivity index (χ4v) is 3.26. The number of hydrogen-bond donors (Lipinski definition) is 1. The van der Waals surface area contributed by atoms with Gasteiger partial charge in [-0.3, -0.25) is 9.59 Å². The Labute approximate surface area is 191 Å². The second-order valence-corrected chi connectivity index (χ2v) is 8.35. The molecule has 1 aliphatic heterocycles. The summed E-state index contributed by atoms with van der Waals surface area (Å²) < 4.78 is 20.8. The van der Waals surface area contributed by atoms with Crippen molar-refractivity contribution in [3.63, 3.8) is 0 Å². The number of anilines is 1. The molecular weight excluding hydrogens is 428 g/mol. The quantitative estimate of drug-likeness (QED) is 0.470. The Morgan fingerprint density at radius 1 is 1.18 bits per heavy atom. The van der Waals surface area contributed by atoms with E-state index in [1.807, 2.05) is 37.8 Å². The highest BCUT2D eigenvalue weighted by Gasteiger charge is 2.20. The predicted octanol–water partition coefficient (Wildman–Crippen LogP) is 3.37. The van der Waals surface area contributed by atoms with Gasteiger partial charge in [-0.05, 0) is 45.0 Å². The number of fused-ring (bicyclic) bond motifs is 1. The minimum absolute atomic E-state index is 0.202. The van der Waals surface area contributed by atoms with Crippen LogP contribution in [0.2, 0.25) is 0 Å². The number of hydrogen-bond acceptors (Lipinski definition) is 8. The number of carbonyl (C=O) groups is 2. The average molecular weight is 456 g/mol. The topological polar surface area (TPSA) is 111 Å². The molecule has 0 bridgehead atoms. The maximum Gasteiger partial charge on any atom is 0.337 e. The van der Waals surface area contributed by atoms with Crippen LogP contribution in [-0.4, -0.2) is 56.4 Å². The first kappa shape index (κ1) is 24.1. The van der Waals surface area contributed by atoms with Crippen molar-refractivity contribution < 1.29 is 28.2 Å². The molecule has 3 heterocycles. The number of ether oxygens (including phenoxy) is 3. The molecule has 3 aromatic rings. The van der Waals surface area contributed by atoms with Gasteiger partial charge in [-0.1, -0.05) is 0 Å². The largest absolute Gasteiger partial charge is 0.465 e. The van der Waals surface area contributed by atoms with E-state index >= 15 is 0 Å². The Kier molecular flexibility index (Phi) is 7.55. The molecule has 33 heavy (non-hydrogen) atoms. The van der Waals surface area contributed by atoms with Crippen molar-refractivity contribution in [2.75, 3.05) is 38.3 Å². The van der Waals surface area contributed by atoms with Gasteiger partial charge in [-0.25, -0.2) is 4.79 Å². The van der Waals surface area contributed by atoms with Crippen molar-refractivity contribution in [3.8, 4) is 11.3 Å². The van der Waals surface area contributed by atoms with Gasteiger partial charge in [0.1, 0.15) is 11.2 Å². The van der Waals surface area contributed by atoms with Crippen molar-refractivity contribution >= 4 is 29.3 Å². The Morgan fingerprint density at radius 3 is 2.45 bits per heavy atom. The summed E-state index contributed by atoms with van der Waals surface area (Å²) in [6.07, 6.45) is 1.77. The Morgan fingerprint density at radius 2 is 1.91 bits per heavy atom. The molecule has 1 N–H and O–H groups in total. The number of nitrogens with one attached hydrogen (secondary N) is 1. The number of carbonyl (C=O) groups excluding carboxylic acids is 2. The third kappa shape index (κ3) is 6.01. The number of methoxy groups -OCH3 is 1. The van der Waals surface area contributed by atoms with Gasteiger partial charge in [-0.2, -0.15) is 0 Å². The number of morpholine rings is 1. The summed E-state index contributed by atoms with van der Waals surface area (Å²) in [5.74, 6) is 0.000728. The lowest BCUT2D eigenvalue weighted by Crippen LogP contribution is -2.36. The van der Waals surface area contributed by atoms with E-state index in [1.165, 1.54) is 19.2 Å². The SMILES string of the molecule is CC(C)(C)OC=O.COC(=O)c1cc(-c2ccc[nH]2)c2oc(N3CCOCC3)cc(=O)c2c1. The Bertz CT molecular complexity index is 1150. The van der Waals surface area contributed by atoms with Crippen molar-refractivity contribution in [1.82, 2.24) is 4.98 Å². The van der Waals surface area contributed by atoms with Crippen LogP contribution in [0.1, 0.15) is 31.1 Å². The monoisotopic (exact) mass is 456 g/mol. The molecule has 9 nitrogen and oxygen atoms in total. The highest BCUT2D eigenvalue weighted by molar-refractivity contribution is 6.00. The van der Waals surface area contributed by atoms with Crippen LogP contribution >= 0.6 is 0 Å². The van der Waals surface area contributed by atoms with Crippen molar-refractivity contribution in [2.24, 2.45) is 0 Å². The summed E-state index contributed by atoms with van der Waals surface area (Å²) >= 11 is 0. The number of H-pyrrole nitrogens is 1. The van der Waals surface area contributed by atoms with Gasteiger partial charge < -0.3 is 28.5 Å². The lowest BCUT2D eigenvalue weighted by Gasteiger charge is -2.27. The normalized spacial score (nSPS) is 13.8. The van der Waals surface area contributed by atoms with Crippen molar-refractivity contribution in [2.45, 2.75) is 26.4 Å². The van der Waals surface area contributed by atoms with Crippen LogP contribution < -0.4 is 10.3 Å². The number of benzene rings is 1. The molecule has 9 heteroatoms. The molecule has 4 rings (SSSR count). The molecule has 1 saturated heterocycles. The predicted molar refractivity (Wildman–Crippen MR) is 124 cm³/mol. The molecule has 176 valence electrons. The second kappa shape index (κ2) is 10.4. The molecule has 1 aromatic carbocycles. The van der Waals surface area contributed by atoms with Crippen LogP contribution in [-0.2, 0) is 19.0 Å². The lowest BCUT2D eigenvalue weighted by atomic mass is 10.0. The number of aromatic amines is 1. The first-order chi connectivity index (χ1) is 15.7. The van der Waals surface area contributed by atoms with Gasteiger partial charge in [0.25, 0.3) is 6.47 Å². The summed E-state index contributed by atoms with van der Waals surface area (Å²) in [6, 6.07) is 8.36. The molecule has 0 radical (unpaired) electrons. The molecular formula is C24H28N2O7. The molecule has 0 saturated carbocycles. The zero-order chi connectivity index (χ0) is 24.0. The van der Waals surface area contributed by atoms with Gasteiger partial charge in [0.05, 0.1) is 31.3 Å². The van der Waals surface area contributed by atoms with E-state index in [9.17, 15) is 14.4 Å². The van der Waals surface area contributed by atoms with Gasteiger partial charge in [0.15, 0.2) is 11.3 Å². The van der Waals surface area contributed by atoms with E-state index in [0.717, 1.165) is 5.69 Å². The van der Waals surface area contributed by atoms with Crippen molar-refractivity contribution in [1.29, 1.82) is 0 Å². The van der Waals surface area contributed by atoms with E-state index in [4.69, 9.17) is 13.9 Å². The summed E-state index contributed by atoms with van der Waals surface area (Å²) in [7, 11) is 1.31.